The van der Waals surface area contributed by atoms with E-state index in [-0.39, 0.29) is 5.41 Å². The van der Waals surface area contributed by atoms with Gasteiger partial charge in [-0.25, -0.2) is 0 Å². The predicted octanol–water partition coefficient (Wildman–Crippen LogP) is 1.51. The van der Waals surface area contributed by atoms with Gasteiger partial charge in [0.2, 0.25) is 0 Å². The van der Waals surface area contributed by atoms with Gasteiger partial charge in [-0.1, -0.05) is 30.3 Å². The van der Waals surface area contributed by atoms with E-state index in [1.807, 2.05) is 18.2 Å². The van der Waals surface area contributed by atoms with Crippen molar-refractivity contribution >= 4 is 6.29 Å². The van der Waals surface area contributed by atoms with Crippen molar-refractivity contribution in [1.82, 2.24) is 5.32 Å². The van der Waals surface area contributed by atoms with Gasteiger partial charge in [0.15, 0.2) is 0 Å². The van der Waals surface area contributed by atoms with Crippen LogP contribution in [0.3, 0.4) is 0 Å². The van der Waals surface area contributed by atoms with Gasteiger partial charge in [-0.2, -0.15) is 0 Å². The van der Waals surface area contributed by atoms with Crippen LogP contribution >= 0.6 is 0 Å². The van der Waals surface area contributed by atoms with Crippen LogP contribution in [0.2, 0.25) is 0 Å². The van der Waals surface area contributed by atoms with Crippen molar-refractivity contribution < 1.29 is 4.79 Å². The highest BCUT2D eigenvalue weighted by atomic mass is 16.1. The summed E-state index contributed by atoms with van der Waals surface area (Å²) in [4.78, 5) is 11.3. The highest BCUT2D eigenvalue weighted by Crippen LogP contribution is 2.30. The molecule has 1 N–H and O–H groups in total. The van der Waals surface area contributed by atoms with Gasteiger partial charge in [0, 0.05) is 0 Å². The number of piperidine rings is 1. The average Bonchev–Trinajstić information content (AvgIpc) is 2.31. The second-order valence-corrected chi connectivity index (χ2v) is 3.89. The van der Waals surface area contributed by atoms with Crippen molar-refractivity contribution in [1.29, 1.82) is 0 Å². The van der Waals surface area contributed by atoms with E-state index in [9.17, 15) is 4.79 Å². The lowest BCUT2D eigenvalue weighted by molar-refractivity contribution is -0.113. The third kappa shape index (κ3) is 1.58. The molecule has 14 heavy (non-hydrogen) atoms. The first-order chi connectivity index (χ1) is 6.87. The van der Waals surface area contributed by atoms with E-state index < -0.39 is 0 Å². The fourth-order valence-corrected chi connectivity index (χ4v) is 2.12. The van der Waals surface area contributed by atoms with Crippen molar-refractivity contribution in [2.24, 2.45) is 0 Å². The van der Waals surface area contributed by atoms with Gasteiger partial charge >= 0.3 is 0 Å². The van der Waals surface area contributed by atoms with Crippen LogP contribution in [0.4, 0.5) is 0 Å². The zero-order valence-electron chi connectivity index (χ0n) is 8.20. The lowest BCUT2D eigenvalue weighted by Crippen LogP contribution is -2.40. The largest absolute Gasteiger partial charge is 0.317 e. The molecule has 0 atom stereocenters. The Morgan fingerprint density at radius 3 is 2.36 bits per heavy atom. The normalized spacial score (nSPS) is 20.3. The Kier molecular flexibility index (Phi) is 2.64. The van der Waals surface area contributed by atoms with E-state index in [2.05, 4.69) is 17.4 Å². The molecule has 1 aliphatic heterocycles. The fourth-order valence-electron chi connectivity index (χ4n) is 2.12. The van der Waals surface area contributed by atoms with Crippen LogP contribution in [0, 0.1) is 0 Å². The van der Waals surface area contributed by atoms with Gasteiger partial charge in [0.1, 0.15) is 6.29 Å². The summed E-state index contributed by atoms with van der Waals surface area (Å²) >= 11 is 0. The van der Waals surface area contributed by atoms with E-state index in [0.717, 1.165) is 37.8 Å². The van der Waals surface area contributed by atoms with Crippen molar-refractivity contribution in [2.45, 2.75) is 18.3 Å². The first kappa shape index (κ1) is 9.41. The lowest BCUT2D eigenvalue weighted by Gasteiger charge is -2.32. The summed E-state index contributed by atoms with van der Waals surface area (Å²) in [6.45, 7) is 1.88. The molecule has 1 aromatic carbocycles. The number of rotatable bonds is 2. The number of carbonyl (C=O) groups excluding carboxylic acids is 1. The highest BCUT2D eigenvalue weighted by Gasteiger charge is 2.33. The first-order valence-corrected chi connectivity index (χ1v) is 5.10. The maximum atomic E-state index is 11.3. The molecule has 1 heterocycles. The van der Waals surface area contributed by atoms with Crippen LogP contribution in [0.1, 0.15) is 18.4 Å². The number of hydrogen-bond donors (Lipinski definition) is 1. The van der Waals surface area contributed by atoms with Crippen molar-refractivity contribution in [2.75, 3.05) is 13.1 Å². The van der Waals surface area contributed by atoms with E-state index in [1.165, 1.54) is 0 Å². The van der Waals surface area contributed by atoms with E-state index in [1.54, 1.807) is 0 Å². The predicted molar refractivity (Wildman–Crippen MR) is 56.3 cm³/mol. The molecule has 1 aromatic rings. The Labute approximate surface area is 84.3 Å². The van der Waals surface area contributed by atoms with Crippen molar-refractivity contribution in [3.05, 3.63) is 35.9 Å². The lowest BCUT2D eigenvalue weighted by atomic mass is 9.74. The molecule has 0 unspecified atom stereocenters. The van der Waals surface area contributed by atoms with Crippen molar-refractivity contribution in [3.63, 3.8) is 0 Å². The molecule has 0 radical (unpaired) electrons. The summed E-state index contributed by atoms with van der Waals surface area (Å²) < 4.78 is 0. The quantitative estimate of drug-likeness (QED) is 0.714. The van der Waals surface area contributed by atoms with Gasteiger partial charge in [0.25, 0.3) is 0 Å². The topological polar surface area (TPSA) is 29.1 Å². The van der Waals surface area contributed by atoms with Crippen LogP contribution in [-0.4, -0.2) is 19.4 Å². The third-order valence-corrected chi connectivity index (χ3v) is 3.07. The fraction of sp³-hybridized carbons (Fsp3) is 0.417. The smallest absolute Gasteiger partial charge is 0.130 e. The zero-order valence-corrected chi connectivity index (χ0v) is 8.20. The third-order valence-electron chi connectivity index (χ3n) is 3.07. The zero-order chi connectivity index (χ0) is 9.86. The molecular weight excluding hydrogens is 174 g/mol. The molecule has 2 heteroatoms. The number of carbonyl (C=O) groups is 1. The monoisotopic (exact) mass is 189 g/mol. The molecule has 0 saturated carbocycles. The molecule has 2 nitrogen and oxygen atoms in total. The molecule has 1 saturated heterocycles. The number of benzene rings is 1. The van der Waals surface area contributed by atoms with Gasteiger partial charge in [-0.05, 0) is 31.5 Å². The maximum absolute atomic E-state index is 11.3. The summed E-state index contributed by atoms with van der Waals surface area (Å²) in [5.74, 6) is 0. The van der Waals surface area contributed by atoms with Crippen LogP contribution in [-0.2, 0) is 10.2 Å². The van der Waals surface area contributed by atoms with E-state index >= 15 is 0 Å². The Balaban J connectivity index is 2.32. The minimum absolute atomic E-state index is 0.230. The molecular formula is C12H15NO. The van der Waals surface area contributed by atoms with Crippen LogP contribution in [0.5, 0.6) is 0 Å². The van der Waals surface area contributed by atoms with Gasteiger partial charge in [0.05, 0.1) is 5.41 Å². The summed E-state index contributed by atoms with van der Waals surface area (Å²) in [6, 6.07) is 10.1. The Hall–Kier alpha value is -1.15. The molecule has 0 bridgehead atoms. The molecule has 2 rings (SSSR count). The Bertz CT molecular complexity index is 301. The van der Waals surface area contributed by atoms with Crippen LogP contribution < -0.4 is 5.32 Å². The highest BCUT2D eigenvalue weighted by molar-refractivity contribution is 5.68. The summed E-state index contributed by atoms with van der Waals surface area (Å²) in [6.07, 6.45) is 2.96. The molecule has 0 aromatic heterocycles. The second-order valence-electron chi connectivity index (χ2n) is 3.89. The number of aldehydes is 1. The SMILES string of the molecule is O=CC1(c2ccccc2)CCNCC1. The Morgan fingerprint density at radius 1 is 1.14 bits per heavy atom. The molecule has 1 fully saturated rings. The van der Waals surface area contributed by atoms with Crippen LogP contribution in [0.25, 0.3) is 0 Å². The standard InChI is InChI=1S/C12H15NO/c14-10-12(6-8-13-9-7-12)11-4-2-1-3-5-11/h1-5,10,13H,6-9H2. The molecule has 0 amide bonds. The first-order valence-electron chi connectivity index (χ1n) is 5.10. The number of nitrogens with one attached hydrogen (secondary N) is 1. The van der Waals surface area contributed by atoms with Gasteiger partial charge in [-0.3, -0.25) is 0 Å². The van der Waals surface area contributed by atoms with Crippen LogP contribution in [0.15, 0.2) is 30.3 Å². The minimum Gasteiger partial charge on any atom is -0.317 e. The second kappa shape index (κ2) is 3.93. The average molecular weight is 189 g/mol. The summed E-state index contributed by atoms with van der Waals surface area (Å²) in [7, 11) is 0. The molecule has 0 aliphatic carbocycles. The van der Waals surface area contributed by atoms with Gasteiger partial charge < -0.3 is 10.1 Å². The summed E-state index contributed by atoms with van der Waals surface area (Å²) in [5, 5.41) is 3.28. The molecule has 1 aliphatic rings. The van der Waals surface area contributed by atoms with E-state index in [0.29, 0.717) is 0 Å². The van der Waals surface area contributed by atoms with E-state index in [4.69, 9.17) is 0 Å². The molecule has 74 valence electrons. The maximum Gasteiger partial charge on any atom is 0.130 e. The molecule has 0 spiro atoms. The van der Waals surface area contributed by atoms with Crippen molar-refractivity contribution in [3.8, 4) is 0 Å². The summed E-state index contributed by atoms with van der Waals surface area (Å²) in [5.41, 5.74) is 0.934. The minimum atomic E-state index is -0.230. The van der Waals surface area contributed by atoms with Gasteiger partial charge in [-0.15, -0.1) is 0 Å². The Morgan fingerprint density at radius 2 is 1.79 bits per heavy atom. The number of hydrogen-bond acceptors (Lipinski definition) is 2.